The van der Waals surface area contributed by atoms with Crippen LogP contribution in [-0.4, -0.2) is 22.4 Å². The van der Waals surface area contributed by atoms with E-state index in [9.17, 15) is 14.4 Å². The zero-order chi connectivity index (χ0) is 16.9. The molecular formula is C18H18N2O4. The maximum Gasteiger partial charge on any atom is 0.336 e. The smallest absolute Gasteiger partial charge is 0.336 e. The van der Waals surface area contributed by atoms with Crippen molar-refractivity contribution < 1.29 is 14.0 Å². The fourth-order valence-electron chi connectivity index (χ4n) is 3.78. The number of imide groups is 1. The second-order valence-electron chi connectivity index (χ2n) is 6.70. The molecular weight excluding hydrogens is 308 g/mol. The summed E-state index contributed by atoms with van der Waals surface area (Å²) in [5.41, 5.74) is 0.858. The number of hydrogen-bond acceptors (Lipinski definition) is 4. The van der Waals surface area contributed by atoms with E-state index in [1.165, 1.54) is 11.0 Å². The maximum absolute atomic E-state index is 12.8. The van der Waals surface area contributed by atoms with Crippen molar-refractivity contribution in [3.8, 4) is 0 Å². The highest BCUT2D eigenvalue weighted by Gasteiger charge is 2.52. The Kier molecular flexibility index (Phi) is 3.23. The van der Waals surface area contributed by atoms with Crippen LogP contribution in [0.2, 0.25) is 0 Å². The van der Waals surface area contributed by atoms with Crippen molar-refractivity contribution in [3.63, 3.8) is 0 Å². The molecule has 2 aromatic rings. The van der Waals surface area contributed by atoms with Gasteiger partial charge in [-0.15, -0.1) is 0 Å². The normalized spacial score (nSPS) is 19.5. The van der Waals surface area contributed by atoms with E-state index in [0.29, 0.717) is 24.0 Å². The average molecular weight is 326 g/mol. The van der Waals surface area contributed by atoms with Crippen molar-refractivity contribution in [1.82, 2.24) is 10.2 Å². The highest BCUT2D eigenvalue weighted by molar-refractivity contribution is 6.07. The number of fused-ring (bicyclic) bond motifs is 1. The van der Waals surface area contributed by atoms with Gasteiger partial charge in [0.15, 0.2) is 0 Å². The van der Waals surface area contributed by atoms with Crippen LogP contribution in [0.4, 0.5) is 4.79 Å². The van der Waals surface area contributed by atoms with Crippen LogP contribution >= 0.6 is 0 Å². The highest BCUT2D eigenvalue weighted by Crippen LogP contribution is 2.35. The molecule has 1 N–H and O–H groups in total. The number of nitrogens with one attached hydrogen (secondary N) is 1. The summed E-state index contributed by atoms with van der Waals surface area (Å²) in [6.45, 7) is 1.99. The monoisotopic (exact) mass is 326 g/mol. The zero-order valence-corrected chi connectivity index (χ0v) is 13.4. The largest absolute Gasteiger partial charge is 0.423 e. The first-order valence-electron chi connectivity index (χ1n) is 8.16. The van der Waals surface area contributed by atoms with Gasteiger partial charge in [0.05, 0.1) is 6.54 Å². The van der Waals surface area contributed by atoms with Crippen LogP contribution in [0, 0.1) is 6.92 Å². The molecule has 0 atom stereocenters. The van der Waals surface area contributed by atoms with Crippen molar-refractivity contribution >= 4 is 22.9 Å². The minimum absolute atomic E-state index is 0.0809. The molecule has 1 aromatic carbocycles. The minimum Gasteiger partial charge on any atom is -0.423 e. The number of hydrogen-bond donors (Lipinski definition) is 1. The summed E-state index contributed by atoms with van der Waals surface area (Å²) in [6.07, 6.45) is 3.25. The Hall–Kier alpha value is -2.63. The first-order chi connectivity index (χ1) is 11.5. The van der Waals surface area contributed by atoms with Crippen LogP contribution in [0.1, 0.15) is 36.8 Å². The lowest BCUT2D eigenvalue weighted by molar-refractivity contribution is -0.131. The number of nitrogens with zero attached hydrogens (tertiary/aromatic N) is 1. The number of rotatable bonds is 2. The van der Waals surface area contributed by atoms with E-state index in [0.717, 1.165) is 23.8 Å². The number of carbonyl (C=O) groups is 2. The van der Waals surface area contributed by atoms with Crippen LogP contribution < -0.4 is 10.9 Å². The lowest BCUT2D eigenvalue weighted by Gasteiger charge is -2.20. The van der Waals surface area contributed by atoms with E-state index in [1.54, 1.807) is 6.07 Å². The molecule has 124 valence electrons. The number of urea groups is 1. The Labute approximate surface area is 138 Å². The third-order valence-corrected chi connectivity index (χ3v) is 5.02. The Bertz CT molecular complexity index is 909. The highest BCUT2D eigenvalue weighted by atomic mass is 16.4. The van der Waals surface area contributed by atoms with Gasteiger partial charge in [-0.3, -0.25) is 9.69 Å². The molecule has 1 saturated carbocycles. The van der Waals surface area contributed by atoms with Crippen molar-refractivity contribution in [1.29, 1.82) is 0 Å². The molecule has 2 aliphatic rings. The van der Waals surface area contributed by atoms with E-state index >= 15 is 0 Å². The standard InChI is InChI=1S/C18H18N2O4/c1-11-4-5-13-12(9-15(21)24-14(13)8-11)10-20-16(22)18(19-17(20)23)6-2-3-7-18/h4-5,8-9H,2-3,6-7,10H2,1H3,(H,19,23). The van der Waals surface area contributed by atoms with Crippen LogP contribution in [0.15, 0.2) is 33.5 Å². The summed E-state index contributed by atoms with van der Waals surface area (Å²) in [5.74, 6) is -0.182. The molecule has 1 spiro atoms. The van der Waals surface area contributed by atoms with E-state index in [4.69, 9.17) is 4.42 Å². The quantitative estimate of drug-likeness (QED) is 0.679. The molecule has 1 aromatic heterocycles. The molecule has 4 rings (SSSR count). The van der Waals surface area contributed by atoms with Crippen LogP contribution in [0.5, 0.6) is 0 Å². The zero-order valence-electron chi connectivity index (χ0n) is 13.4. The molecule has 24 heavy (non-hydrogen) atoms. The second-order valence-corrected chi connectivity index (χ2v) is 6.70. The van der Waals surface area contributed by atoms with Gasteiger partial charge in [-0.2, -0.15) is 0 Å². The molecule has 2 fully saturated rings. The molecule has 6 nitrogen and oxygen atoms in total. The average Bonchev–Trinajstić information content (AvgIpc) is 3.08. The van der Waals surface area contributed by atoms with E-state index in [-0.39, 0.29) is 18.5 Å². The van der Waals surface area contributed by atoms with Crippen molar-refractivity contribution in [3.05, 3.63) is 45.8 Å². The third-order valence-electron chi connectivity index (χ3n) is 5.02. The van der Waals surface area contributed by atoms with Gasteiger partial charge >= 0.3 is 11.7 Å². The summed E-state index contributed by atoms with van der Waals surface area (Å²) in [5, 5.41) is 3.60. The molecule has 1 saturated heterocycles. The molecule has 1 aliphatic carbocycles. The van der Waals surface area contributed by atoms with Gasteiger partial charge in [0, 0.05) is 11.5 Å². The van der Waals surface area contributed by atoms with Gasteiger partial charge in [0.2, 0.25) is 0 Å². The first-order valence-corrected chi connectivity index (χ1v) is 8.16. The maximum atomic E-state index is 12.8. The molecule has 0 bridgehead atoms. The van der Waals surface area contributed by atoms with Crippen molar-refractivity contribution in [2.75, 3.05) is 0 Å². The van der Waals surface area contributed by atoms with Gasteiger partial charge in [0.25, 0.3) is 5.91 Å². The second kappa shape index (κ2) is 5.19. The fourth-order valence-corrected chi connectivity index (χ4v) is 3.78. The van der Waals surface area contributed by atoms with Gasteiger partial charge in [-0.25, -0.2) is 9.59 Å². The van der Waals surface area contributed by atoms with Crippen LogP contribution in [0.3, 0.4) is 0 Å². The summed E-state index contributed by atoms with van der Waals surface area (Å²) < 4.78 is 5.24. The fraction of sp³-hybridized carbons (Fsp3) is 0.389. The third kappa shape index (κ3) is 2.21. The number of benzene rings is 1. The van der Waals surface area contributed by atoms with Crippen LogP contribution in [-0.2, 0) is 11.3 Å². The first kappa shape index (κ1) is 14.9. The summed E-state index contributed by atoms with van der Waals surface area (Å²) in [7, 11) is 0. The molecule has 2 heterocycles. The Morgan fingerprint density at radius 3 is 2.67 bits per heavy atom. The van der Waals surface area contributed by atoms with Gasteiger partial charge < -0.3 is 9.73 Å². The molecule has 0 unspecified atom stereocenters. The van der Waals surface area contributed by atoms with Gasteiger partial charge in [-0.1, -0.05) is 25.0 Å². The molecule has 6 heteroatoms. The van der Waals surface area contributed by atoms with Crippen molar-refractivity contribution in [2.45, 2.75) is 44.7 Å². The molecule has 1 aliphatic heterocycles. The minimum atomic E-state index is -0.733. The van der Waals surface area contributed by atoms with E-state index in [1.807, 2.05) is 19.1 Å². The Morgan fingerprint density at radius 1 is 1.17 bits per heavy atom. The number of amides is 3. The predicted molar refractivity (Wildman–Crippen MR) is 87.5 cm³/mol. The summed E-state index contributed by atoms with van der Waals surface area (Å²) in [4.78, 5) is 38.1. The van der Waals surface area contributed by atoms with Crippen molar-refractivity contribution in [2.24, 2.45) is 0 Å². The SMILES string of the molecule is Cc1ccc2c(CN3C(=O)NC4(CCCC4)C3=O)cc(=O)oc2c1. The van der Waals surface area contributed by atoms with Crippen LogP contribution in [0.25, 0.3) is 11.0 Å². The Balaban J connectivity index is 1.73. The number of carbonyl (C=O) groups excluding carboxylic acids is 2. The number of aryl methyl sites for hydroxylation is 1. The molecule has 0 radical (unpaired) electrons. The lowest BCUT2D eigenvalue weighted by Crippen LogP contribution is -2.44. The topological polar surface area (TPSA) is 79.6 Å². The molecule has 3 amide bonds. The summed E-state index contributed by atoms with van der Waals surface area (Å²) >= 11 is 0. The van der Waals surface area contributed by atoms with E-state index in [2.05, 4.69) is 5.32 Å². The Morgan fingerprint density at radius 2 is 1.92 bits per heavy atom. The van der Waals surface area contributed by atoms with E-state index < -0.39 is 11.2 Å². The predicted octanol–water partition coefficient (Wildman–Crippen LogP) is 2.47. The van der Waals surface area contributed by atoms with Gasteiger partial charge in [0.1, 0.15) is 11.1 Å². The van der Waals surface area contributed by atoms with Gasteiger partial charge in [-0.05, 0) is 37.0 Å². The lowest BCUT2D eigenvalue weighted by atomic mass is 9.98. The summed E-state index contributed by atoms with van der Waals surface area (Å²) in [6, 6.07) is 6.53.